The molecule has 0 aliphatic rings. The lowest BCUT2D eigenvalue weighted by Gasteiger charge is -2.21. The molecular weight excluding hydrogens is 1270 g/mol. The molecule has 3 N–H and O–H groups in total. The van der Waals surface area contributed by atoms with E-state index in [4.69, 9.17) is 37.0 Å². The zero-order valence-corrected chi connectivity index (χ0v) is 65.3. The SMILES string of the molecule is CCCCCCCCCCCCCCCCCC(=O)OC[C@H](COP(=O)(O)OC[C@@H](O)COP(=O)(O)OC[C@@H](COC(=O)CCCCCCCCCCCC(C)C)OC(=O)CCCCCCCCCCCCC(C)CC)OC(=O)CCCCCCCCCCCCCCCC(C)C. The van der Waals surface area contributed by atoms with Crippen molar-refractivity contribution in [2.75, 3.05) is 39.6 Å². The zero-order valence-electron chi connectivity index (χ0n) is 63.5. The average molecular weight is 1420 g/mol. The second-order valence-corrected chi connectivity index (χ2v) is 32.2. The minimum absolute atomic E-state index is 0.106. The van der Waals surface area contributed by atoms with Crippen molar-refractivity contribution in [1.82, 2.24) is 0 Å². The van der Waals surface area contributed by atoms with E-state index in [9.17, 15) is 43.2 Å². The maximum Gasteiger partial charge on any atom is 0.472 e. The molecule has 0 aromatic carbocycles. The van der Waals surface area contributed by atoms with Crippen LogP contribution in [0.1, 0.15) is 402 Å². The minimum Gasteiger partial charge on any atom is -0.462 e. The van der Waals surface area contributed by atoms with Crippen LogP contribution >= 0.6 is 15.6 Å². The lowest BCUT2D eigenvalue weighted by atomic mass is 9.99. The number of aliphatic hydroxyl groups is 1. The number of esters is 4. The molecular formula is C78H152O17P2. The highest BCUT2D eigenvalue weighted by molar-refractivity contribution is 7.47. The van der Waals surface area contributed by atoms with Crippen molar-refractivity contribution < 1.29 is 80.2 Å². The first kappa shape index (κ1) is 95.1. The summed E-state index contributed by atoms with van der Waals surface area (Å²) < 4.78 is 68.7. The zero-order chi connectivity index (χ0) is 71.6. The van der Waals surface area contributed by atoms with E-state index in [-0.39, 0.29) is 25.7 Å². The van der Waals surface area contributed by atoms with Gasteiger partial charge in [0.15, 0.2) is 12.2 Å². The van der Waals surface area contributed by atoms with Gasteiger partial charge in [-0.25, -0.2) is 9.13 Å². The number of phosphoric ester groups is 2. The molecule has 6 atom stereocenters. The van der Waals surface area contributed by atoms with E-state index in [0.29, 0.717) is 25.7 Å². The largest absolute Gasteiger partial charge is 0.472 e. The molecule has 0 aliphatic heterocycles. The molecule has 0 rings (SSSR count). The molecule has 0 fully saturated rings. The Morgan fingerprint density at radius 3 is 0.784 bits per heavy atom. The Morgan fingerprint density at radius 2 is 0.526 bits per heavy atom. The van der Waals surface area contributed by atoms with Crippen LogP contribution in [-0.2, 0) is 65.4 Å². The number of carbonyl (C=O) groups is 4. The number of carbonyl (C=O) groups excluding carboxylic acids is 4. The lowest BCUT2D eigenvalue weighted by Crippen LogP contribution is -2.30. The summed E-state index contributed by atoms with van der Waals surface area (Å²) in [5.41, 5.74) is 0. The van der Waals surface area contributed by atoms with Gasteiger partial charge in [0, 0.05) is 25.7 Å². The fourth-order valence-electron chi connectivity index (χ4n) is 11.9. The predicted octanol–water partition coefficient (Wildman–Crippen LogP) is 23.0. The van der Waals surface area contributed by atoms with Crippen LogP contribution in [-0.4, -0.2) is 96.7 Å². The van der Waals surface area contributed by atoms with E-state index in [1.54, 1.807) is 0 Å². The van der Waals surface area contributed by atoms with Gasteiger partial charge in [0.25, 0.3) is 0 Å². The van der Waals surface area contributed by atoms with Gasteiger partial charge in [-0.15, -0.1) is 0 Å². The maximum atomic E-state index is 13.1. The summed E-state index contributed by atoms with van der Waals surface area (Å²) in [6.07, 6.45) is 55.3. The van der Waals surface area contributed by atoms with E-state index >= 15 is 0 Å². The molecule has 0 aliphatic carbocycles. The number of ether oxygens (including phenoxy) is 4. The van der Waals surface area contributed by atoms with Crippen molar-refractivity contribution in [2.24, 2.45) is 17.8 Å². The molecule has 0 aromatic heterocycles. The van der Waals surface area contributed by atoms with Crippen molar-refractivity contribution in [3.05, 3.63) is 0 Å². The molecule has 3 unspecified atom stereocenters. The van der Waals surface area contributed by atoms with Crippen LogP contribution in [0, 0.1) is 17.8 Å². The highest BCUT2D eigenvalue weighted by Crippen LogP contribution is 2.45. The van der Waals surface area contributed by atoms with Crippen LogP contribution in [0.25, 0.3) is 0 Å². The molecule has 0 bridgehead atoms. The topological polar surface area (TPSA) is 237 Å². The molecule has 0 amide bonds. The van der Waals surface area contributed by atoms with Gasteiger partial charge in [-0.3, -0.25) is 37.3 Å². The summed E-state index contributed by atoms with van der Waals surface area (Å²) in [6, 6.07) is 0. The molecule has 0 heterocycles. The second kappa shape index (κ2) is 68.5. The normalized spacial score (nSPS) is 14.3. The first-order valence-corrected chi connectivity index (χ1v) is 43.4. The Balaban J connectivity index is 5.28. The third-order valence-electron chi connectivity index (χ3n) is 18.5. The van der Waals surface area contributed by atoms with Crippen molar-refractivity contribution in [3.63, 3.8) is 0 Å². The number of aliphatic hydroxyl groups excluding tert-OH is 1. The smallest absolute Gasteiger partial charge is 0.462 e. The fourth-order valence-corrected chi connectivity index (χ4v) is 13.5. The Labute approximate surface area is 594 Å². The summed E-state index contributed by atoms with van der Waals surface area (Å²) in [5, 5.41) is 10.6. The highest BCUT2D eigenvalue weighted by atomic mass is 31.2. The van der Waals surface area contributed by atoms with Gasteiger partial charge >= 0.3 is 39.5 Å². The third-order valence-corrected chi connectivity index (χ3v) is 20.4. The molecule has 0 radical (unpaired) electrons. The first-order chi connectivity index (χ1) is 46.8. The van der Waals surface area contributed by atoms with Crippen LogP contribution in [0.2, 0.25) is 0 Å². The van der Waals surface area contributed by atoms with Crippen molar-refractivity contribution in [2.45, 2.75) is 420 Å². The van der Waals surface area contributed by atoms with Gasteiger partial charge in [0.05, 0.1) is 26.4 Å². The molecule has 97 heavy (non-hydrogen) atoms. The summed E-state index contributed by atoms with van der Waals surface area (Å²) in [5.74, 6) is 0.220. The van der Waals surface area contributed by atoms with Gasteiger partial charge in [0.1, 0.15) is 19.3 Å². The van der Waals surface area contributed by atoms with Crippen LogP contribution in [0.5, 0.6) is 0 Å². The van der Waals surface area contributed by atoms with E-state index in [0.717, 1.165) is 108 Å². The molecule has 17 nitrogen and oxygen atoms in total. The number of hydrogen-bond acceptors (Lipinski definition) is 15. The van der Waals surface area contributed by atoms with E-state index in [1.165, 1.54) is 212 Å². The van der Waals surface area contributed by atoms with Crippen LogP contribution in [0.15, 0.2) is 0 Å². The number of unbranched alkanes of at least 4 members (excludes halogenated alkanes) is 43. The van der Waals surface area contributed by atoms with Gasteiger partial charge < -0.3 is 33.8 Å². The molecule has 0 saturated heterocycles. The lowest BCUT2D eigenvalue weighted by molar-refractivity contribution is -0.161. The summed E-state index contributed by atoms with van der Waals surface area (Å²) in [4.78, 5) is 73.0. The summed E-state index contributed by atoms with van der Waals surface area (Å²) >= 11 is 0. The first-order valence-electron chi connectivity index (χ1n) is 40.4. The van der Waals surface area contributed by atoms with Gasteiger partial charge in [0.2, 0.25) is 0 Å². The van der Waals surface area contributed by atoms with E-state index in [1.807, 2.05) is 0 Å². The Bertz CT molecular complexity index is 1890. The van der Waals surface area contributed by atoms with Crippen molar-refractivity contribution in [3.8, 4) is 0 Å². The van der Waals surface area contributed by atoms with Crippen molar-refractivity contribution in [1.29, 1.82) is 0 Å². The predicted molar refractivity (Wildman–Crippen MR) is 395 cm³/mol. The Morgan fingerprint density at radius 1 is 0.299 bits per heavy atom. The molecule has 19 heteroatoms. The third kappa shape index (κ3) is 70.9. The molecule has 0 saturated carbocycles. The molecule has 0 aromatic rings. The van der Waals surface area contributed by atoms with E-state index in [2.05, 4.69) is 48.5 Å². The maximum absolute atomic E-state index is 13.1. The van der Waals surface area contributed by atoms with E-state index < -0.39 is 97.5 Å². The number of hydrogen-bond donors (Lipinski definition) is 3. The standard InChI is InChI=1S/C78H152O17P2/c1-8-10-11-12-13-14-15-16-17-20-23-31-38-45-52-59-75(80)88-65-73(94-77(82)61-54-47-40-32-24-21-18-19-22-28-35-42-49-56-69(3)4)67-92-96(84,85)90-63-72(79)64-91-97(86,87)93-68-74(66-89-76(81)60-53-46-39-34-27-29-36-43-50-57-70(5)6)95-78(83)62-55-48-41-33-26-25-30-37-44-51-58-71(7)9-2/h69-74,79H,8-68H2,1-7H3,(H,84,85)(H,86,87)/t71?,72-,73-,74-/m1/s1. The fraction of sp³-hybridized carbons (Fsp3) is 0.949. The minimum atomic E-state index is -4.96. The molecule has 576 valence electrons. The highest BCUT2D eigenvalue weighted by Gasteiger charge is 2.30. The van der Waals surface area contributed by atoms with Crippen molar-refractivity contribution >= 4 is 39.5 Å². The van der Waals surface area contributed by atoms with Crippen LogP contribution in [0.3, 0.4) is 0 Å². The summed E-state index contributed by atoms with van der Waals surface area (Å²) in [6.45, 7) is 11.9. The number of rotatable bonds is 76. The van der Waals surface area contributed by atoms with Gasteiger partial charge in [-0.1, -0.05) is 350 Å². The van der Waals surface area contributed by atoms with Crippen LogP contribution in [0.4, 0.5) is 0 Å². The second-order valence-electron chi connectivity index (χ2n) is 29.3. The van der Waals surface area contributed by atoms with Crippen LogP contribution < -0.4 is 0 Å². The molecule has 0 spiro atoms. The number of phosphoric acid groups is 2. The monoisotopic (exact) mass is 1420 g/mol. The quantitative estimate of drug-likeness (QED) is 0.0222. The average Bonchev–Trinajstić information content (AvgIpc) is 1.20. The summed E-state index contributed by atoms with van der Waals surface area (Å²) in [7, 11) is -9.92. The van der Waals surface area contributed by atoms with Gasteiger partial charge in [-0.05, 0) is 43.4 Å². The Kier molecular flexibility index (Phi) is 67.1. The Hall–Kier alpha value is -1.94. The van der Waals surface area contributed by atoms with Gasteiger partial charge in [-0.2, -0.15) is 0 Å².